The molecular formula is C22H27NO3S. The number of ether oxygens (including phenoxy) is 2. The van der Waals surface area contributed by atoms with Gasteiger partial charge in [-0.2, -0.15) is 0 Å². The van der Waals surface area contributed by atoms with Gasteiger partial charge in [0.1, 0.15) is 17.1 Å². The van der Waals surface area contributed by atoms with Gasteiger partial charge in [0.05, 0.1) is 18.9 Å². The van der Waals surface area contributed by atoms with Crippen molar-refractivity contribution < 1.29 is 14.3 Å². The maximum absolute atomic E-state index is 12.5. The highest BCUT2D eigenvalue weighted by Crippen LogP contribution is 2.41. The van der Waals surface area contributed by atoms with Gasteiger partial charge in [0, 0.05) is 23.8 Å². The maximum Gasteiger partial charge on any atom is 0.230 e. The van der Waals surface area contributed by atoms with Gasteiger partial charge in [-0.05, 0) is 44.0 Å². The van der Waals surface area contributed by atoms with E-state index in [1.807, 2.05) is 44.2 Å². The monoisotopic (exact) mass is 385 g/mol. The molecule has 1 unspecified atom stereocenters. The lowest BCUT2D eigenvalue weighted by Gasteiger charge is -2.38. The Morgan fingerprint density at radius 3 is 2.81 bits per heavy atom. The summed E-state index contributed by atoms with van der Waals surface area (Å²) in [6.45, 7) is 6.19. The lowest BCUT2D eigenvalue weighted by atomic mass is 9.89. The van der Waals surface area contributed by atoms with E-state index in [1.165, 1.54) is 11.1 Å². The van der Waals surface area contributed by atoms with E-state index in [2.05, 4.69) is 24.4 Å². The number of hydrogen-bond acceptors (Lipinski definition) is 4. The molecule has 0 spiro atoms. The lowest BCUT2D eigenvalue weighted by Crippen LogP contribution is -2.41. The van der Waals surface area contributed by atoms with Crippen molar-refractivity contribution in [3.8, 4) is 11.5 Å². The molecule has 27 heavy (non-hydrogen) atoms. The second-order valence-electron chi connectivity index (χ2n) is 7.51. The number of thioether (sulfide) groups is 1. The molecule has 2 aromatic rings. The van der Waals surface area contributed by atoms with Gasteiger partial charge in [0.2, 0.25) is 5.91 Å². The number of hydrogen-bond donors (Lipinski definition) is 1. The first kappa shape index (κ1) is 19.6. The fourth-order valence-electron chi connectivity index (χ4n) is 3.35. The number of aryl methyl sites for hydroxylation is 1. The Balaban J connectivity index is 1.63. The molecule has 1 aliphatic heterocycles. The van der Waals surface area contributed by atoms with Crippen LogP contribution in [-0.4, -0.2) is 24.4 Å². The molecule has 1 heterocycles. The summed E-state index contributed by atoms with van der Waals surface area (Å²) in [6, 6.07) is 14.0. The molecule has 0 fully saturated rings. The van der Waals surface area contributed by atoms with E-state index < -0.39 is 0 Å². The number of benzene rings is 2. The minimum atomic E-state index is -0.342. The third kappa shape index (κ3) is 4.98. The normalized spacial score (nSPS) is 17.6. The van der Waals surface area contributed by atoms with Gasteiger partial charge in [-0.25, -0.2) is 0 Å². The summed E-state index contributed by atoms with van der Waals surface area (Å²) in [5.41, 5.74) is 3.21. The molecule has 0 aliphatic carbocycles. The fourth-order valence-corrected chi connectivity index (χ4v) is 4.26. The predicted octanol–water partition coefficient (Wildman–Crippen LogP) is 4.66. The Morgan fingerprint density at radius 1 is 1.30 bits per heavy atom. The molecule has 4 nitrogen and oxygen atoms in total. The van der Waals surface area contributed by atoms with Crippen molar-refractivity contribution >= 4 is 17.7 Å². The number of methoxy groups -OCH3 is 1. The largest absolute Gasteiger partial charge is 0.497 e. The number of fused-ring (bicyclic) bond motifs is 1. The summed E-state index contributed by atoms with van der Waals surface area (Å²) in [7, 11) is 1.64. The molecule has 1 atom stereocenters. The van der Waals surface area contributed by atoms with Crippen molar-refractivity contribution in [2.45, 2.75) is 44.6 Å². The van der Waals surface area contributed by atoms with E-state index in [4.69, 9.17) is 9.47 Å². The Labute approximate surface area is 165 Å². The van der Waals surface area contributed by atoms with Crippen LogP contribution in [0, 0.1) is 6.92 Å². The van der Waals surface area contributed by atoms with E-state index in [-0.39, 0.29) is 17.6 Å². The third-order valence-corrected chi connectivity index (χ3v) is 5.75. The molecule has 0 bridgehead atoms. The van der Waals surface area contributed by atoms with Crippen LogP contribution in [0.4, 0.5) is 0 Å². The zero-order valence-corrected chi connectivity index (χ0v) is 17.2. The van der Waals surface area contributed by atoms with Crippen molar-refractivity contribution in [2.75, 3.05) is 12.9 Å². The molecule has 0 saturated heterocycles. The van der Waals surface area contributed by atoms with Gasteiger partial charge in [0.25, 0.3) is 0 Å². The molecule has 0 saturated carbocycles. The van der Waals surface area contributed by atoms with Gasteiger partial charge < -0.3 is 14.8 Å². The van der Waals surface area contributed by atoms with Crippen LogP contribution < -0.4 is 14.8 Å². The van der Waals surface area contributed by atoms with E-state index in [0.29, 0.717) is 5.75 Å². The van der Waals surface area contributed by atoms with E-state index in [1.54, 1.807) is 18.9 Å². The molecule has 1 aliphatic rings. The molecule has 0 radical (unpaired) electrons. The van der Waals surface area contributed by atoms with E-state index >= 15 is 0 Å². The summed E-state index contributed by atoms with van der Waals surface area (Å²) in [6.07, 6.45) is 0.737. The van der Waals surface area contributed by atoms with Crippen LogP contribution in [0.3, 0.4) is 0 Å². The number of amides is 1. The summed E-state index contributed by atoms with van der Waals surface area (Å²) in [5.74, 6) is 2.87. The second-order valence-corrected chi connectivity index (χ2v) is 8.49. The highest BCUT2D eigenvalue weighted by Gasteiger charge is 2.34. The Morgan fingerprint density at radius 2 is 2.07 bits per heavy atom. The minimum absolute atomic E-state index is 0.0538. The summed E-state index contributed by atoms with van der Waals surface area (Å²) < 4.78 is 11.4. The molecule has 1 N–H and O–H groups in total. The van der Waals surface area contributed by atoms with Crippen LogP contribution >= 0.6 is 11.8 Å². The molecule has 144 valence electrons. The predicted molar refractivity (Wildman–Crippen MR) is 111 cm³/mol. The molecular weight excluding hydrogens is 358 g/mol. The minimum Gasteiger partial charge on any atom is -0.497 e. The zero-order valence-electron chi connectivity index (χ0n) is 16.4. The van der Waals surface area contributed by atoms with Crippen LogP contribution in [0.15, 0.2) is 42.5 Å². The number of nitrogens with one attached hydrogen (secondary N) is 1. The quantitative estimate of drug-likeness (QED) is 0.786. The first-order chi connectivity index (χ1) is 12.9. The van der Waals surface area contributed by atoms with Gasteiger partial charge in [-0.3, -0.25) is 4.79 Å². The number of carbonyl (C=O) groups excluding carboxylic acids is 1. The van der Waals surface area contributed by atoms with Crippen molar-refractivity contribution in [3.63, 3.8) is 0 Å². The Hall–Kier alpha value is -2.14. The van der Waals surface area contributed by atoms with Crippen molar-refractivity contribution in [2.24, 2.45) is 0 Å². The van der Waals surface area contributed by atoms with Gasteiger partial charge in [-0.15, -0.1) is 11.8 Å². The number of carbonyl (C=O) groups is 1. The Bertz CT molecular complexity index is 819. The van der Waals surface area contributed by atoms with Crippen LogP contribution in [0.25, 0.3) is 0 Å². The van der Waals surface area contributed by atoms with E-state index in [9.17, 15) is 4.79 Å². The van der Waals surface area contributed by atoms with Gasteiger partial charge in [-0.1, -0.05) is 24.3 Å². The van der Waals surface area contributed by atoms with Crippen molar-refractivity contribution in [1.82, 2.24) is 5.32 Å². The van der Waals surface area contributed by atoms with Crippen molar-refractivity contribution in [1.29, 1.82) is 0 Å². The third-order valence-electron chi connectivity index (χ3n) is 4.77. The summed E-state index contributed by atoms with van der Waals surface area (Å²) >= 11 is 1.64. The summed E-state index contributed by atoms with van der Waals surface area (Å²) in [4.78, 5) is 12.5. The van der Waals surface area contributed by atoms with Crippen LogP contribution in [0.1, 0.15) is 43.0 Å². The molecule has 5 heteroatoms. The second kappa shape index (κ2) is 8.26. The zero-order chi connectivity index (χ0) is 19.4. The summed E-state index contributed by atoms with van der Waals surface area (Å²) in [5, 5.41) is 3.19. The van der Waals surface area contributed by atoms with Gasteiger partial charge in [0.15, 0.2) is 0 Å². The average Bonchev–Trinajstić information content (AvgIpc) is 2.61. The molecule has 2 aromatic carbocycles. The topological polar surface area (TPSA) is 47.6 Å². The highest BCUT2D eigenvalue weighted by atomic mass is 32.2. The fraction of sp³-hybridized carbons (Fsp3) is 0.409. The van der Waals surface area contributed by atoms with E-state index in [0.717, 1.165) is 29.2 Å². The molecule has 3 rings (SSSR count). The lowest BCUT2D eigenvalue weighted by molar-refractivity contribution is -0.119. The first-order valence-electron chi connectivity index (χ1n) is 9.16. The van der Waals surface area contributed by atoms with Crippen LogP contribution in [0.2, 0.25) is 0 Å². The first-order valence-corrected chi connectivity index (χ1v) is 10.3. The SMILES string of the molecule is COc1ccc2c(c1)OC(C)(C)CC2NC(=O)CSCc1ccccc1C. The number of rotatable bonds is 6. The molecule has 0 aromatic heterocycles. The Kier molecular flexibility index (Phi) is 6.00. The maximum atomic E-state index is 12.5. The van der Waals surface area contributed by atoms with Gasteiger partial charge >= 0.3 is 0 Å². The standard InChI is InChI=1S/C22H27NO3S/c1-15-7-5-6-8-16(15)13-27-14-21(24)23-19-12-22(2,3)26-20-11-17(25-4)9-10-18(19)20/h5-11,19H,12-14H2,1-4H3,(H,23,24). The average molecular weight is 386 g/mol. The smallest absolute Gasteiger partial charge is 0.230 e. The highest BCUT2D eigenvalue weighted by molar-refractivity contribution is 7.99. The van der Waals surface area contributed by atoms with Crippen molar-refractivity contribution in [3.05, 3.63) is 59.2 Å². The van der Waals surface area contributed by atoms with Crippen LogP contribution in [0.5, 0.6) is 11.5 Å². The van der Waals surface area contributed by atoms with Crippen LogP contribution in [-0.2, 0) is 10.5 Å². The molecule has 1 amide bonds.